The quantitative estimate of drug-likeness (QED) is 0.146. The van der Waals surface area contributed by atoms with Gasteiger partial charge in [-0.3, -0.25) is 19.5 Å². The Kier molecular flexibility index (Phi) is 7.42. The highest BCUT2D eigenvalue weighted by molar-refractivity contribution is 7.07. The number of aromatic nitrogens is 1. The normalized spacial score (nSPS) is 15.7. The number of non-ortho nitro benzene ring substituents is 1. The van der Waals surface area contributed by atoms with E-state index in [2.05, 4.69) is 12.1 Å². The SMILES string of the molecule is O=c1/c(=C\c2ccc(OCc3ccc(Cl)cc3Cl)cc2)sc2n1[C@@H](c1cccc([N+](=O)[O-])c1)C1=C(N=2)c2ccccc2CC1. The summed E-state index contributed by atoms with van der Waals surface area (Å²) in [5.41, 5.74) is 6.22. The average Bonchev–Trinajstić information content (AvgIpc) is 3.34. The first-order valence-electron chi connectivity index (χ1n) is 13.9. The number of nitro groups is 1. The Morgan fingerprint density at radius 3 is 2.61 bits per heavy atom. The molecule has 1 aliphatic carbocycles. The number of hydrogen-bond donors (Lipinski definition) is 0. The van der Waals surface area contributed by atoms with Gasteiger partial charge in [-0.2, -0.15) is 0 Å². The van der Waals surface area contributed by atoms with Gasteiger partial charge in [-0.25, -0.2) is 4.99 Å². The number of thiazole rings is 1. The van der Waals surface area contributed by atoms with E-state index in [-0.39, 0.29) is 11.2 Å². The zero-order valence-corrected chi connectivity index (χ0v) is 25.4. The van der Waals surface area contributed by atoms with Crippen LogP contribution in [0.3, 0.4) is 0 Å². The van der Waals surface area contributed by atoms with Gasteiger partial charge in [0.2, 0.25) is 0 Å². The topological polar surface area (TPSA) is 86.7 Å². The number of nitro benzene ring substituents is 1. The molecule has 4 aromatic carbocycles. The third-order valence-corrected chi connectivity index (χ3v) is 9.43. The molecule has 0 N–H and O–H groups in total. The molecule has 1 aromatic heterocycles. The Labute approximate surface area is 265 Å². The van der Waals surface area contributed by atoms with Gasteiger partial charge in [0, 0.05) is 33.3 Å². The number of fused-ring (bicyclic) bond motifs is 3. The first-order chi connectivity index (χ1) is 21.4. The predicted octanol–water partition coefficient (Wildman–Crippen LogP) is 7.11. The third kappa shape index (κ3) is 5.26. The largest absolute Gasteiger partial charge is 0.489 e. The molecule has 2 aliphatic rings. The second kappa shape index (κ2) is 11.5. The summed E-state index contributed by atoms with van der Waals surface area (Å²) in [6.45, 7) is 0.291. The van der Waals surface area contributed by atoms with E-state index in [0.717, 1.165) is 34.4 Å². The van der Waals surface area contributed by atoms with Gasteiger partial charge in [-0.05, 0) is 65.4 Å². The monoisotopic (exact) mass is 639 g/mol. The van der Waals surface area contributed by atoms with Crippen molar-refractivity contribution in [3.63, 3.8) is 0 Å². The van der Waals surface area contributed by atoms with Gasteiger partial charge in [0.1, 0.15) is 12.4 Å². The van der Waals surface area contributed by atoms with Crippen LogP contribution in [-0.4, -0.2) is 9.49 Å². The Hall–Kier alpha value is -4.50. The Balaban J connectivity index is 1.28. The summed E-state index contributed by atoms with van der Waals surface area (Å²) in [7, 11) is 0. The van der Waals surface area contributed by atoms with Crippen molar-refractivity contribution in [2.75, 3.05) is 0 Å². The number of rotatable bonds is 6. The number of halogens is 2. The van der Waals surface area contributed by atoms with E-state index in [4.69, 9.17) is 32.9 Å². The third-order valence-electron chi connectivity index (χ3n) is 7.86. The van der Waals surface area contributed by atoms with Gasteiger partial charge in [-0.1, -0.05) is 89.1 Å². The highest BCUT2D eigenvalue weighted by Crippen LogP contribution is 2.41. The summed E-state index contributed by atoms with van der Waals surface area (Å²) in [6, 6.07) is 26.9. The summed E-state index contributed by atoms with van der Waals surface area (Å²) < 4.78 is 8.12. The van der Waals surface area contributed by atoms with Gasteiger partial charge < -0.3 is 4.74 Å². The van der Waals surface area contributed by atoms with Crippen molar-refractivity contribution in [1.82, 2.24) is 4.57 Å². The van der Waals surface area contributed by atoms with Gasteiger partial charge in [0.25, 0.3) is 11.2 Å². The lowest BCUT2D eigenvalue weighted by Crippen LogP contribution is -2.38. The molecule has 0 saturated heterocycles. The number of aryl methyl sites for hydroxylation is 1. The summed E-state index contributed by atoms with van der Waals surface area (Å²) in [5, 5.41) is 12.8. The van der Waals surface area contributed by atoms with Crippen LogP contribution < -0.4 is 19.6 Å². The summed E-state index contributed by atoms with van der Waals surface area (Å²) in [5.74, 6) is 0.659. The molecule has 0 spiro atoms. The molecular weight excluding hydrogens is 617 g/mol. The van der Waals surface area contributed by atoms with Gasteiger partial charge in [0.05, 0.1) is 21.2 Å². The van der Waals surface area contributed by atoms with Crippen molar-refractivity contribution in [2.45, 2.75) is 25.5 Å². The molecular formula is C34H23Cl2N3O4S. The number of ether oxygens (including phenoxy) is 1. The minimum atomic E-state index is -0.493. The van der Waals surface area contributed by atoms with Crippen molar-refractivity contribution < 1.29 is 9.66 Å². The highest BCUT2D eigenvalue weighted by atomic mass is 35.5. The van der Waals surface area contributed by atoms with Crippen LogP contribution in [0.5, 0.6) is 5.75 Å². The first-order valence-corrected chi connectivity index (χ1v) is 15.5. The highest BCUT2D eigenvalue weighted by Gasteiger charge is 2.33. The molecule has 0 amide bonds. The second-order valence-electron chi connectivity index (χ2n) is 10.6. The lowest BCUT2D eigenvalue weighted by atomic mass is 9.83. The number of allylic oxidation sites excluding steroid dienone is 1. The van der Waals surface area contributed by atoms with E-state index < -0.39 is 11.0 Å². The standard InChI is InChI=1S/C34H23Cl2N3O4S/c35-24-12-10-23(29(36)18-24)19-43-26-13-8-20(9-14-26)16-30-33(40)38-32(22-5-3-6-25(17-22)39(41)42)28-15-11-21-4-1-2-7-27(21)31(28)37-34(38)44-30/h1-10,12-14,16-18,32H,11,15,19H2/b30-16+/t32-/m0/s1. The van der Waals surface area contributed by atoms with Crippen LogP contribution in [0.15, 0.2) is 106 Å². The number of benzene rings is 4. The van der Waals surface area contributed by atoms with E-state index in [1.807, 2.05) is 54.6 Å². The average molecular weight is 641 g/mol. The molecule has 0 bridgehead atoms. The molecule has 5 aromatic rings. The summed E-state index contributed by atoms with van der Waals surface area (Å²) in [6.07, 6.45) is 3.35. The molecule has 2 heterocycles. The van der Waals surface area contributed by atoms with Gasteiger partial charge in [-0.15, -0.1) is 0 Å². The lowest BCUT2D eigenvalue weighted by molar-refractivity contribution is -0.384. The fourth-order valence-electron chi connectivity index (χ4n) is 5.74. The maximum Gasteiger partial charge on any atom is 0.271 e. The molecule has 7 nitrogen and oxygen atoms in total. The van der Waals surface area contributed by atoms with Crippen LogP contribution in [-0.2, 0) is 13.0 Å². The van der Waals surface area contributed by atoms with Crippen molar-refractivity contribution in [2.24, 2.45) is 4.99 Å². The molecule has 44 heavy (non-hydrogen) atoms. The molecule has 0 fully saturated rings. The number of nitrogens with zero attached hydrogens (tertiary/aromatic N) is 3. The van der Waals surface area contributed by atoms with E-state index in [1.165, 1.54) is 23.0 Å². The van der Waals surface area contributed by atoms with Gasteiger partial charge in [0.15, 0.2) is 4.80 Å². The minimum absolute atomic E-state index is 0.0133. The van der Waals surface area contributed by atoms with Crippen molar-refractivity contribution in [3.8, 4) is 5.75 Å². The molecule has 7 rings (SSSR count). The molecule has 0 saturated carbocycles. The first kappa shape index (κ1) is 28.3. The van der Waals surface area contributed by atoms with Crippen LogP contribution in [0.25, 0.3) is 11.8 Å². The molecule has 0 radical (unpaired) electrons. The zero-order valence-electron chi connectivity index (χ0n) is 23.1. The Bertz CT molecular complexity index is 2170. The van der Waals surface area contributed by atoms with E-state index in [0.29, 0.717) is 43.7 Å². The minimum Gasteiger partial charge on any atom is -0.489 e. The molecule has 0 unspecified atom stereocenters. The van der Waals surface area contributed by atoms with E-state index in [1.54, 1.807) is 28.8 Å². The zero-order chi connectivity index (χ0) is 30.4. The van der Waals surface area contributed by atoms with Crippen molar-refractivity contribution >= 4 is 52.0 Å². The Morgan fingerprint density at radius 2 is 1.82 bits per heavy atom. The fraction of sp³-hybridized carbons (Fsp3) is 0.118. The molecule has 1 aliphatic heterocycles. The van der Waals surface area contributed by atoms with Crippen molar-refractivity contribution in [3.05, 3.63) is 164 Å². The van der Waals surface area contributed by atoms with E-state index >= 15 is 0 Å². The molecule has 1 atom stereocenters. The van der Waals surface area contributed by atoms with Crippen LogP contribution in [0.4, 0.5) is 5.69 Å². The van der Waals surface area contributed by atoms with Crippen LogP contribution >= 0.6 is 34.5 Å². The number of hydrogen-bond acceptors (Lipinski definition) is 6. The van der Waals surface area contributed by atoms with E-state index in [9.17, 15) is 14.9 Å². The Morgan fingerprint density at radius 1 is 1.00 bits per heavy atom. The molecule has 218 valence electrons. The smallest absolute Gasteiger partial charge is 0.271 e. The van der Waals surface area contributed by atoms with Crippen LogP contribution in [0.1, 0.15) is 40.3 Å². The lowest BCUT2D eigenvalue weighted by Gasteiger charge is -2.30. The van der Waals surface area contributed by atoms with Crippen LogP contribution in [0.2, 0.25) is 10.0 Å². The molecule has 10 heteroatoms. The second-order valence-corrected chi connectivity index (χ2v) is 12.4. The maximum absolute atomic E-state index is 14.0. The summed E-state index contributed by atoms with van der Waals surface area (Å²) >= 11 is 13.6. The van der Waals surface area contributed by atoms with Gasteiger partial charge >= 0.3 is 0 Å². The predicted molar refractivity (Wildman–Crippen MR) is 173 cm³/mol. The maximum atomic E-state index is 14.0. The van der Waals surface area contributed by atoms with Crippen molar-refractivity contribution in [1.29, 1.82) is 0 Å². The summed E-state index contributed by atoms with van der Waals surface area (Å²) in [4.78, 5) is 30.8. The fourth-order valence-corrected chi connectivity index (χ4v) is 7.21. The van der Waals surface area contributed by atoms with Crippen LogP contribution in [0, 0.1) is 10.1 Å².